The Morgan fingerprint density at radius 1 is 0.652 bits per heavy atom. The summed E-state index contributed by atoms with van der Waals surface area (Å²) in [5.74, 6) is 11.6. The van der Waals surface area contributed by atoms with Gasteiger partial charge in [-0.2, -0.15) is 0 Å². The molecule has 4 aliphatic rings. The number of hydrogen-bond donors (Lipinski definition) is 0. The van der Waals surface area contributed by atoms with Gasteiger partial charge in [-0.15, -0.1) is 0 Å². The molecule has 0 radical (unpaired) electrons. The van der Waals surface area contributed by atoms with E-state index in [0.29, 0.717) is 0 Å². The Kier molecular flexibility index (Phi) is 4.34. The van der Waals surface area contributed by atoms with Crippen LogP contribution in [0.1, 0.15) is 79.6 Å². The fraction of sp³-hybridized carbons (Fsp3) is 1.00. The summed E-state index contributed by atoms with van der Waals surface area (Å²) >= 11 is 0. The van der Waals surface area contributed by atoms with Crippen LogP contribution in [-0.2, 0) is 0 Å². The third kappa shape index (κ3) is 2.53. The van der Waals surface area contributed by atoms with Gasteiger partial charge in [0.2, 0.25) is 0 Å². The van der Waals surface area contributed by atoms with Crippen LogP contribution < -0.4 is 0 Å². The molecule has 0 heterocycles. The van der Waals surface area contributed by atoms with E-state index in [1.165, 1.54) is 12.8 Å². The van der Waals surface area contributed by atoms with Gasteiger partial charge in [0.05, 0.1) is 0 Å². The summed E-state index contributed by atoms with van der Waals surface area (Å²) in [5.41, 5.74) is 0. The molecule has 0 heteroatoms. The van der Waals surface area contributed by atoms with Crippen molar-refractivity contribution in [1.29, 1.82) is 0 Å². The van der Waals surface area contributed by atoms with Crippen LogP contribution in [0.4, 0.5) is 0 Å². The quantitative estimate of drug-likeness (QED) is 0.547. The average molecular weight is 317 g/mol. The third-order valence-electron chi connectivity index (χ3n) is 9.76. The van der Waals surface area contributed by atoms with Gasteiger partial charge in [0, 0.05) is 0 Å². The van der Waals surface area contributed by atoms with Crippen molar-refractivity contribution in [3.8, 4) is 0 Å². The highest BCUT2D eigenvalue weighted by molar-refractivity contribution is 5.05. The first-order valence-electron chi connectivity index (χ1n) is 11.0. The van der Waals surface area contributed by atoms with Crippen LogP contribution in [0.5, 0.6) is 0 Å². The normalized spacial score (nSPS) is 59.1. The Morgan fingerprint density at radius 2 is 1.39 bits per heavy atom. The summed E-state index contributed by atoms with van der Waals surface area (Å²) in [4.78, 5) is 0. The molecule has 23 heavy (non-hydrogen) atoms. The van der Waals surface area contributed by atoms with Gasteiger partial charge in [0.25, 0.3) is 0 Å². The standard InChI is InChI=1S/C23H40/c1-6-17-10-18(9-14(3)15(17)4)22-12-19-11-21(22)16(5)23(19)20-8-7-13(20)2/h13-23H,6-12H2,1-5H3. The second-order valence-electron chi connectivity index (χ2n) is 10.5. The fourth-order valence-electron chi connectivity index (χ4n) is 8.07. The molecule has 4 rings (SSSR count). The van der Waals surface area contributed by atoms with E-state index in [0.717, 1.165) is 65.1 Å². The van der Waals surface area contributed by atoms with E-state index in [4.69, 9.17) is 0 Å². The lowest BCUT2D eigenvalue weighted by atomic mass is 9.56. The summed E-state index contributed by atoms with van der Waals surface area (Å²) in [6.07, 6.45) is 10.8. The molecule has 0 amide bonds. The van der Waals surface area contributed by atoms with Gasteiger partial charge in [-0.1, -0.05) is 47.5 Å². The lowest BCUT2D eigenvalue weighted by Crippen LogP contribution is -2.42. The van der Waals surface area contributed by atoms with Crippen LogP contribution in [0.15, 0.2) is 0 Å². The lowest BCUT2D eigenvalue weighted by molar-refractivity contribution is 0.00102. The summed E-state index contributed by atoms with van der Waals surface area (Å²) in [7, 11) is 0. The SMILES string of the molecule is CCC1CC(C2CC3CC2C(C)C3C2CCC2C)CC(C)C1C. The second kappa shape index (κ2) is 6.06. The molecule has 0 aromatic carbocycles. The maximum absolute atomic E-state index is 2.65. The maximum atomic E-state index is 2.65. The Labute approximate surface area is 145 Å². The predicted molar refractivity (Wildman–Crippen MR) is 99.1 cm³/mol. The van der Waals surface area contributed by atoms with Gasteiger partial charge < -0.3 is 0 Å². The topological polar surface area (TPSA) is 0 Å². The van der Waals surface area contributed by atoms with Gasteiger partial charge in [-0.05, 0) is 97.2 Å². The molecule has 132 valence electrons. The predicted octanol–water partition coefficient (Wildman–Crippen LogP) is 6.65. The van der Waals surface area contributed by atoms with Crippen molar-refractivity contribution in [3.63, 3.8) is 0 Å². The Hall–Kier alpha value is 0. The van der Waals surface area contributed by atoms with E-state index >= 15 is 0 Å². The molecule has 4 saturated carbocycles. The van der Waals surface area contributed by atoms with Crippen molar-refractivity contribution in [2.24, 2.45) is 65.1 Å². The van der Waals surface area contributed by atoms with E-state index in [1.54, 1.807) is 32.1 Å². The average Bonchev–Trinajstić information content (AvgIpc) is 3.08. The van der Waals surface area contributed by atoms with Gasteiger partial charge in [-0.3, -0.25) is 0 Å². The third-order valence-corrected chi connectivity index (χ3v) is 9.76. The second-order valence-corrected chi connectivity index (χ2v) is 10.5. The van der Waals surface area contributed by atoms with Gasteiger partial charge in [-0.25, -0.2) is 0 Å². The highest BCUT2D eigenvalue weighted by Crippen LogP contribution is 2.64. The summed E-state index contributed by atoms with van der Waals surface area (Å²) in [6, 6.07) is 0. The van der Waals surface area contributed by atoms with Gasteiger partial charge in [0.1, 0.15) is 0 Å². The first-order valence-corrected chi connectivity index (χ1v) is 11.0. The minimum atomic E-state index is 0.968. The highest BCUT2D eigenvalue weighted by Gasteiger charge is 2.56. The Bertz CT molecular complexity index is 424. The molecule has 0 nitrogen and oxygen atoms in total. The molecule has 0 aromatic rings. The van der Waals surface area contributed by atoms with E-state index in [2.05, 4.69) is 34.6 Å². The van der Waals surface area contributed by atoms with E-state index < -0.39 is 0 Å². The molecular formula is C23H40. The number of fused-ring (bicyclic) bond motifs is 2. The maximum Gasteiger partial charge on any atom is -0.0326 e. The molecular weight excluding hydrogens is 276 g/mol. The van der Waals surface area contributed by atoms with Crippen molar-refractivity contribution >= 4 is 0 Å². The molecule has 2 bridgehead atoms. The molecule has 0 aliphatic heterocycles. The van der Waals surface area contributed by atoms with Crippen molar-refractivity contribution in [1.82, 2.24) is 0 Å². The van der Waals surface area contributed by atoms with Crippen LogP contribution in [-0.4, -0.2) is 0 Å². The summed E-state index contributed by atoms with van der Waals surface area (Å²) in [6.45, 7) is 12.7. The van der Waals surface area contributed by atoms with E-state index in [9.17, 15) is 0 Å². The zero-order valence-corrected chi connectivity index (χ0v) is 16.3. The zero-order chi connectivity index (χ0) is 16.3. The van der Waals surface area contributed by atoms with Crippen LogP contribution in [0, 0.1) is 65.1 Å². The molecule has 4 aliphatic carbocycles. The monoisotopic (exact) mass is 316 g/mol. The zero-order valence-electron chi connectivity index (χ0n) is 16.3. The van der Waals surface area contributed by atoms with Crippen LogP contribution in [0.3, 0.4) is 0 Å². The van der Waals surface area contributed by atoms with Crippen molar-refractivity contribution in [2.75, 3.05) is 0 Å². The number of rotatable bonds is 3. The molecule has 11 unspecified atom stereocenters. The van der Waals surface area contributed by atoms with Gasteiger partial charge in [0.15, 0.2) is 0 Å². The summed E-state index contributed by atoms with van der Waals surface area (Å²) < 4.78 is 0. The number of hydrogen-bond acceptors (Lipinski definition) is 0. The minimum absolute atomic E-state index is 0.968. The lowest BCUT2D eigenvalue weighted by Gasteiger charge is -2.49. The Morgan fingerprint density at radius 3 is 1.96 bits per heavy atom. The van der Waals surface area contributed by atoms with Gasteiger partial charge >= 0.3 is 0 Å². The first-order chi connectivity index (χ1) is 11.0. The largest absolute Gasteiger partial charge is 0.0651 e. The molecule has 0 spiro atoms. The van der Waals surface area contributed by atoms with Crippen LogP contribution in [0.2, 0.25) is 0 Å². The van der Waals surface area contributed by atoms with E-state index in [1.807, 2.05) is 0 Å². The van der Waals surface area contributed by atoms with Crippen molar-refractivity contribution < 1.29 is 0 Å². The smallest absolute Gasteiger partial charge is 0.0326 e. The molecule has 0 N–H and O–H groups in total. The van der Waals surface area contributed by atoms with Crippen LogP contribution in [0.25, 0.3) is 0 Å². The first kappa shape index (κ1) is 16.5. The van der Waals surface area contributed by atoms with E-state index in [-0.39, 0.29) is 0 Å². The molecule has 11 atom stereocenters. The summed E-state index contributed by atoms with van der Waals surface area (Å²) in [5, 5.41) is 0. The fourth-order valence-corrected chi connectivity index (χ4v) is 8.07. The molecule has 4 fully saturated rings. The Balaban J connectivity index is 1.45. The van der Waals surface area contributed by atoms with Crippen molar-refractivity contribution in [3.05, 3.63) is 0 Å². The minimum Gasteiger partial charge on any atom is -0.0651 e. The molecule has 0 saturated heterocycles. The molecule has 0 aromatic heterocycles. The highest BCUT2D eigenvalue weighted by atomic mass is 14.6. The van der Waals surface area contributed by atoms with Crippen molar-refractivity contribution in [2.45, 2.75) is 79.6 Å². The van der Waals surface area contributed by atoms with Crippen LogP contribution >= 0.6 is 0 Å².